The van der Waals surface area contributed by atoms with Gasteiger partial charge in [0.15, 0.2) is 5.96 Å². The maximum Gasteiger partial charge on any atom is 0.191 e. The standard InChI is InChI=1S/C18H30N6S/c1-5-19-18(20-9-6-8-17-22-15(3)13-25-17)21-10-7-11-24-16(4)12-14(2)23-24/h12-13H,5-11H2,1-4H3,(H2,19,20,21). The SMILES string of the molecule is CCNC(=NCCCn1nc(C)cc1C)NCCCc1nc(C)cs1. The van der Waals surface area contributed by atoms with Crippen LogP contribution in [0.5, 0.6) is 0 Å². The Labute approximate surface area is 154 Å². The molecule has 0 unspecified atom stereocenters. The molecular formula is C18H30N6S. The highest BCUT2D eigenvalue weighted by Gasteiger charge is 2.02. The van der Waals surface area contributed by atoms with Crippen LogP contribution in [0.3, 0.4) is 0 Å². The maximum atomic E-state index is 4.65. The molecule has 0 aromatic carbocycles. The molecule has 2 heterocycles. The van der Waals surface area contributed by atoms with Crippen LogP contribution in [0.15, 0.2) is 16.4 Å². The Kier molecular flexibility index (Phi) is 7.91. The van der Waals surface area contributed by atoms with Crippen LogP contribution < -0.4 is 10.6 Å². The van der Waals surface area contributed by atoms with Crippen molar-refractivity contribution in [1.82, 2.24) is 25.4 Å². The maximum absolute atomic E-state index is 4.65. The van der Waals surface area contributed by atoms with Crippen molar-refractivity contribution in [3.63, 3.8) is 0 Å². The zero-order valence-corrected chi connectivity index (χ0v) is 16.6. The predicted octanol–water partition coefficient (Wildman–Crippen LogP) is 2.84. The Morgan fingerprint density at radius 1 is 1.20 bits per heavy atom. The number of aromatic nitrogens is 3. The smallest absolute Gasteiger partial charge is 0.191 e. The van der Waals surface area contributed by atoms with Crippen LogP contribution in [0.1, 0.15) is 41.9 Å². The van der Waals surface area contributed by atoms with Gasteiger partial charge in [0.05, 0.1) is 10.7 Å². The van der Waals surface area contributed by atoms with E-state index in [0.29, 0.717) is 0 Å². The lowest BCUT2D eigenvalue weighted by Gasteiger charge is -2.11. The van der Waals surface area contributed by atoms with Crippen LogP contribution in [-0.2, 0) is 13.0 Å². The van der Waals surface area contributed by atoms with E-state index in [1.165, 1.54) is 10.7 Å². The third-order valence-corrected chi connectivity index (χ3v) is 4.80. The average Bonchev–Trinajstić information content (AvgIpc) is 3.12. The van der Waals surface area contributed by atoms with Crippen LogP contribution in [0.4, 0.5) is 0 Å². The fourth-order valence-electron chi connectivity index (χ4n) is 2.62. The molecule has 7 heteroatoms. The highest BCUT2D eigenvalue weighted by Crippen LogP contribution is 2.10. The van der Waals surface area contributed by atoms with Crippen LogP contribution in [0.2, 0.25) is 0 Å². The van der Waals surface area contributed by atoms with Gasteiger partial charge in [-0.05, 0) is 46.6 Å². The number of thiazole rings is 1. The van der Waals surface area contributed by atoms with Crippen molar-refractivity contribution in [1.29, 1.82) is 0 Å². The highest BCUT2D eigenvalue weighted by atomic mass is 32.1. The molecular weight excluding hydrogens is 332 g/mol. The minimum absolute atomic E-state index is 0.791. The van der Waals surface area contributed by atoms with Gasteiger partial charge in [-0.25, -0.2) is 4.98 Å². The van der Waals surface area contributed by atoms with Gasteiger partial charge in [-0.2, -0.15) is 5.10 Å². The first-order valence-electron chi connectivity index (χ1n) is 9.02. The minimum atomic E-state index is 0.791. The first-order chi connectivity index (χ1) is 12.1. The lowest BCUT2D eigenvalue weighted by Crippen LogP contribution is -2.38. The van der Waals surface area contributed by atoms with Gasteiger partial charge < -0.3 is 10.6 Å². The molecule has 2 aromatic rings. The van der Waals surface area contributed by atoms with Crippen LogP contribution in [0.25, 0.3) is 0 Å². The molecule has 0 radical (unpaired) electrons. The van der Waals surface area contributed by atoms with Crippen molar-refractivity contribution in [3.8, 4) is 0 Å². The van der Waals surface area contributed by atoms with Crippen molar-refractivity contribution in [2.75, 3.05) is 19.6 Å². The molecule has 0 amide bonds. The quantitative estimate of drug-likeness (QED) is 0.409. The fourth-order valence-corrected chi connectivity index (χ4v) is 3.44. The lowest BCUT2D eigenvalue weighted by atomic mass is 10.3. The normalized spacial score (nSPS) is 11.8. The Morgan fingerprint density at radius 3 is 2.68 bits per heavy atom. The van der Waals surface area contributed by atoms with Gasteiger partial charge in [0.25, 0.3) is 0 Å². The van der Waals surface area contributed by atoms with Gasteiger partial charge in [0.2, 0.25) is 0 Å². The molecule has 0 saturated carbocycles. The summed E-state index contributed by atoms with van der Waals surface area (Å²) in [7, 11) is 0. The molecule has 2 N–H and O–H groups in total. The number of hydrogen-bond donors (Lipinski definition) is 2. The number of rotatable bonds is 9. The summed E-state index contributed by atoms with van der Waals surface area (Å²) in [5.41, 5.74) is 3.40. The molecule has 0 atom stereocenters. The summed E-state index contributed by atoms with van der Waals surface area (Å²) in [5, 5.41) is 14.5. The molecule has 6 nitrogen and oxygen atoms in total. The summed E-state index contributed by atoms with van der Waals surface area (Å²) in [6.45, 7) is 11.7. The molecule has 2 rings (SSSR count). The second-order valence-electron chi connectivity index (χ2n) is 6.18. The van der Waals surface area contributed by atoms with Gasteiger partial charge in [-0.15, -0.1) is 11.3 Å². The Balaban J connectivity index is 1.69. The second-order valence-corrected chi connectivity index (χ2v) is 7.12. The third-order valence-electron chi connectivity index (χ3n) is 3.77. The first kappa shape index (κ1) is 19.4. The van der Waals surface area contributed by atoms with Gasteiger partial charge in [-0.3, -0.25) is 9.67 Å². The van der Waals surface area contributed by atoms with E-state index in [1.54, 1.807) is 11.3 Å². The van der Waals surface area contributed by atoms with Crippen molar-refractivity contribution in [2.45, 2.75) is 53.5 Å². The van der Waals surface area contributed by atoms with Crippen molar-refractivity contribution in [2.24, 2.45) is 4.99 Å². The van der Waals surface area contributed by atoms with E-state index in [9.17, 15) is 0 Å². The summed E-state index contributed by atoms with van der Waals surface area (Å²) in [6, 6.07) is 2.11. The minimum Gasteiger partial charge on any atom is -0.357 e. The monoisotopic (exact) mass is 362 g/mol. The third kappa shape index (κ3) is 6.86. The van der Waals surface area contributed by atoms with E-state index < -0.39 is 0 Å². The highest BCUT2D eigenvalue weighted by molar-refractivity contribution is 7.09. The zero-order chi connectivity index (χ0) is 18.1. The van der Waals surface area contributed by atoms with Gasteiger partial charge in [-0.1, -0.05) is 0 Å². The van der Waals surface area contributed by atoms with E-state index >= 15 is 0 Å². The number of nitrogens with one attached hydrogen (secondary N) is 2. The first-order valence-corrected chi connectivity index (χ1v) is 9.90. The van der Waals surface area contributed by atoms with E-state index in [0.717, 1.165) is 62.8 Å². The van der Waals surface area contributed by atoms with E-state index in [-0.39, 0.29) is 0 Å². The van der Waals surface area contributed by atoms with Crippen LogP contribution in [-0.4, -0.2) is 40.4 Å². The Morgan fingerprint density at radius 2 is 2.04 bits per heavy atom. The van der Waals surface area contributed by atoms with Crippen LogP contribution >= 0.6 is 11.3 Å². The Hall–Kier alpha value is -1.89. The molecule has 138 valence electrons. The summed E-state index contributed by atoms with van der Waals surface area (Å²) in [4.78, 5) is 9.15. The fraction of sp³-hybridized carbons (Fsp3) is 0.611. The van der Waals surface area contributed by atoms with Gasteiger partial charge >= 0.3 is 0 Å². The largest absolute Gasteiger partial charge is 0.357 e. The summed E-state index contributed by atoms with van der Waals surface area (Å²) >= 11 is 1.74. The molecule has 25 heavy (non-hydrogen) atoms. The number of hydrogen-bond acceptors (Lipinski definition) is 4. The predicted molar refractivity (Wildman–Crippen MR) is 105 cm³/mol. The van der Waals surface area contributed by atoms with Crippen molar-refractivity contribution in [3.05, 3.63) is 33.5 Å². The van der Waals surface area contributed by atoms with Crippen molar-refractivity contribution >= 4 is 17.3 Å². The molecule has 0 spiro atoms. The Bertz CT molecular complexity index is 673. The summed E-state index contributed by atoms with van der Waals surface area (Å²) < 4.78 is 2.06. The molecule has 0 aliphatic rings. The number of guanidine groups is 1. The average molecular weight is 363 g/mol. The topological polar surface area (TPSA) is 67.1 Å². The molecule has 0 aliphatic carbocycles. The number of aryl methyl sites for hydroxylation is 5. The van der Waals surface area contributed by atoms with E-state index in [2.05, 4.69) is 55.7 Å². The molecule has 0 bridgehead atoms. The van der Waals surface area contributed by atoms with E-state index in [1.807, 2.05) is 13.8 Å². The van der Waals surface area contributed by atoms with Crippen molar-refractivity contribution < 1.29 is 0 Å². The summed E-state index contributed by atoms with van der Waals surface area (Å²) in [6.07, 6.45) is 3.06. The zero-order valence-electron chi connectivity index (χ0n) is 15.8. The van der Waals surface area contributed by atoms with Gasteiger partial charge in [0, 0.05) is 49.4 Å². The number of aliphatic imine (C=N–C) groups is 1. The lowest BCUT2D eigenvalue weighted by molar-refractivity contribution is 0.567. The van der Waals surface area contributed by atoms with Gasteiger partial charge in [0.1, 0.15) is 0 Å². The molecule has 0 fully saturated rings. The second kappa shape index (κ2) is 10.2. The van der Waals surface area contributed by atoms with E-state index in [4.69, 9.17) is 0 Å². The number of nitrogens with zero attached hydrogens (tertiary/aromatic N) is 4. The summed E-state index contributed by atoms with van der Waals surface area (Å²) in [5.74, 6) is 0.895. The molecule has 0 saturated heterocycles. The molecule has 2 aromatic heterocycles. The molecule has 0 aliphatic heterocycles. The van der Waals surface area contributed by atoms with Crippen LogP contribution in [0, 0.1) is 20.8 Å².